The highest BCUT2D eigenvalue weighted by atomic mass is 35.5. The van der Waals surface area contributed by atoms with Crippen LogP contribution in [0.2, 0.25) is 0 Å². The number of likely N-dealkylation sites (N-methyl/N-ethyl adjacent to an activating group) is 1. The molecule has 1 fully saturated rings. The lowest BCUT2D eigenvalue weighted by Crippen LogP contribution is -2.48. The Hall–Kier alpha value is -2.12. The molecule has 0 radical (unpaired) electrons. The topological polar surface area (TPSA) is 81.8 Å². The van der Waals surface area contributed by atoms with Gasteiger partial charge in [0, 0.05) is 31.5 Å². The molecule has 3 atom stereocenters. The lowest BCUT2D eigenvalue weighted by Gasteiger charge is -2.32. The summed E-state index contributed by atoms with van der Waals surface area (Å²) < 4.78 is 0. The Bertz CT molecular complexity index is 742. The van der Waals surface area contributed by atoms with E-state index in [0.717, 1.165) is 19.4 Å². The minimum Gasteiger partial charge on any atom is -0.336 e. The number of carbonyl (C=O) groups is 3. The molecular formula is C20H29ClN4O3. The smallest absolute Gasteiger partial charge is 0.246 e. The van der Waals surface area contributed by atoms with Crippen LogP contribution < -0.4 is 15.5 Å². The predicted octanol–water partition coefficient (Wildman–Crippen LogP) is 2.02. The number of carbonyl (C=O) groups excluding carboxylic acids is 3. The Labute approximate surface area is 172 Å². The fraction of sp³-hybridized carbons (Fsp3) is 0.550. The van der Waals surface area contributed by atoms with Crippen LogP contribution in [0, 0.1) is 5.92 Å². The van der Waals surface area contributed by atoms with E-state index < -0.39 is 0 Å². The molecule has 0 aromatic heterocycles. The van der Waals surface area contributed by atoms with E-state index in [1.165, 1.54) is 4.90 Å². The summed E-state index contributed by atoms with van der Waals surface area (Å²) in [6.45, 7) is 4.76. The lowest BCUT2D eigenvalue weighted by atomic mass is 9.92. The van der Waals surface area contributed by atoms with E-state index in [4.69, 9.17) is 0 Å². The number of nitrogens with one attached hydrogen (secondary N) is 2. The van der Waals surface area contributed by atoms with E-state index >= 15 is 0 Å². The summed E-state index contributed by atoms with van der Waals surface area (Å²) in [5.74, 6) is -0.319. The van der Waals surface area contributed by atoms with Crippen LogP contribution >= 0.6 is 12.4 Å². The molecule has 0 aliphatic carbocycles. The van der Waals surface area contributed by atoms with Gasteiger partial charge in [-0.15, -0.1) is 12.4 Å². The second-order valence-corrected chi connectivity index (χ2v) is 7.65. The second kappa shape index (κ2) is 9.39. The van der Waals surface area contributed by atoms with Crippen molar-refractivity contribution in [3.8, 4) is 0 Å². The lowest BCUT2D eigenvalue weighted by molar-refractivity contribution is -0.138. The molecule has 2 aliphatic rings. The van der Waals surface area contributed by atoms with Gasteiger partial charge in [-0.3, -0.25) is 14.4 Å². The van der Waals surface area contributed by atoms with Crippen molar-refractivity contribution >= 4 is 41.5 Å². The van der Waals surface area contributed by atoms with Crippen molar-refractivity contribution in [3.63, 3.8) is 0 Å². The van der Waals surface area contributed by atoms with Crippen molar-refractivity contribution < 1.29 is 14.4 Å². The zero-order chi connectivity index (χ0) is 19.6. The van der Waals surface area contributed by atoms with Crippen LogP contribution in [0.25, 0.3) is 0 Å². The minimum atomic E-state index is -0.274. The highest BCUT2D eigenvalue weighted by Crippen LogP contribution is 2.31. The number of benzene rings is 1. The largest absolute Gasteiger partial charge is 0.336 e. The van der Waals surface area contributed by atoms with Crippen molar-refractivity contribution in [3.05, 3.63) is 24.3 Å². The van der Waals surface area contributed by atoms with Crippen LogP contribution in [0.3, 0.4) is 0 Å². The number of hydrogen-bond acceptors (Lipinski definition) is 4. The summed E-state index contributed by atoms with van der Waals surface area (Å²) in [7, 11) is 1.69. The van der Waals surface area contributed by atoms with Crippen LogP contribution in [0.4, 0.5) is 11.4 Å². The molecule has 2 N–H and O–H groups in total. The number of hydrogen-bond donors (Lipinski definition) is 2. The average molecular weight is 409 g/mol. The molecule has 2 aliphatic heterocycles. The van der Waals surface area contributed by atoms with Gasteiger partial charge in [0.15, 0.2) is 0 Å². The highest BCUT2D eigenvalue weighted by Gasteiger charge is 2.32. The first-order chi connectivity index (χ1) is 12.9. The molecule has 0 bridgehead atoms. The number of fused-ring (bicyclic) bond motifs is 1. The number of halogens is 1. The molecule has 1 aromatic carbocycles. The Morgan fingerprint density at radius 2 is 1.96 bits per heavy atom. The van der Waals surface area contributed by atoms with Crippen LogP contribution in [0.5, 0.6) is 0 Å². The van der Waals surface area contributed by atoms with Gasteiger partial charge in [0.1, 0.15) is 0 Å². The van der Waals surface area contributed by atoms with Gasteiger partial charge in [-0.05, 0) is 45.4 Å². The van der Waals surface area contributed by atoms with E-state index in [1.54, 1.807) is 18.0 Å². The monoisotopic (exact) mass is 408 g/mol. The predicted molar refractivity (Wildman–Crippen MR) is 112 cm³/mol. The van der Waals surface area contributed by atoms with Gasteiger partial charge in [-0.1, -0.05) is 12.1 Å². The first-order valence-electron chi connectivity index (χ1n) is 9.56. The van der Waals surface area contributed by atoms with E-state index in [9.17, 15) is 14.4 Å². The van der Waals surface area contributed by atoms with Gasteiger partial charge in [0.05, 0.1) is 17.9 Å². The number of piperidine rings is 1. The maximum atomic E-state index is 13.1. The van der Waals surface area contributed by atoms with Gasteiger partial charge in [-0.2, -0.15) is 0 Å². The maximum absolute atomic E-state index is 13.1. The molecule has 1 saturated heterocycles. The molecule has 3 rings (SSSR count). The van der Waals surface area contributed by atoms with E-state index in [1.807, 2.05) is 25.1 Å². The summed E-state index contributed by atoms with van der Waals surface area (Å²) in [6.07, 6.45) is 1.81. The third kappa shape index (κ3) is 4.83. The minimum absolute atomic E-state index is 0. The van der Waals surface area contributed by atoms with Crippen molar-refractivity contribution in [2.75, 3.05) is 30.4 Å². The second-order valence-electron chi connectivity index (χ2n) is 7.65. The van der Waals surface area contributed by atoms with Gasteiger partial charge in [0.2, 0.25) is 17.7 Å². The molecule has 154 valence electrons. The Kier molecular flexibility index (Phi) is 7.43. The van der Waals surface area contributed by atoms with Crippen LogP contribution in [-0.4, -0.2) is 54.8 Å². The zero-order valence-electron chi connectivity index (χ0n) is 16.6. The normalized spacial score (nSPS) is 24.3. The van der Waals surface area contributed by atoms with E-state index in [0.29, 0.717) is 17.4 Å². The molecule has 7 nitrogen and oxygen atoms in total. The molecule has 8 heteroatoms. The van der Waals surface area contributed by atoms with Gasteiger partial charge >= 0.3 is 0 Å². The summed E-state index contributed by atoms with van der Waals surface area (Å²) >= 11 is 0. The van der Waals surface area contributed by atoms with E-state index in [-0.39, 0.29) is 55.1 Å². The van der Waals surface area contributed by atoms with Gasteiger partial charge < -0.3 is 20.4 Å². The maximum Gasteiger partial charge on any atom is 0.246 e. The SMILES string of the molecule is CC1CC(=O)Nc2ccccc2N1C(=O)CN(C)C(=O)[C@H]1CCN[C@@H](C)C1.Cl. The molecule has 2 heterocycles. The number of para-hydroxylation sites is 2. The quantitative estimate of drug-likeness (QED) is 0.801. The van der Waals surface area contributed by atoms with Crippen molar-refractivity contribution in [2.24, 2.45) is 5.92 Å². The first kappa shape index (κ1) is 22.2. The van der Waals surface area contributed by atoms with Crippen molar-refractivity contribution in [1.82, 2.24) is 10.2 Å². The zero-order valence-corrected chi connectivity index (χ0v) is 17.4. The molecular weight excluding hydrogens is 380 g/mol. The van der Waals surface area contributed by atoms with Crippen LogP contribution in [0.15, 0.2) is 24.3 Å². The Balaban J connectivity index is 0.00000280. The van der Waals surface area contributed by atoms with Crippen molar-refractivity contribution in [2.45, 2.75) is 45.2 Å². The molecule has 28 heavy (non-hydrogen) atoms. The standard InChI is InChI=1S/C20H28N4O3.ClH/c1-13-10-15(8-9-21-13)20(27)23(3)12-19(26)24-14(2)11-18(25)22-16-6-4-5-7-17(16)24;/h4-7,13-15,21H,8-12H2,1-3H3,(H,22,25);1H/t13-,14?,15-;/m0./s1. The highest BCUT2D eigenvalue weighted by molar-refractivity contribution is 6.05. The number of anilines is 2. The average Bonchev–Trinajstić information content (AvgIpc) is 2.75. The Morgan fingerprint density at radius 3 is 2.68 bits per heavy atom. The number of rotatable bonds is 3. The number of amides is 3. The fourth-order valence-electron chi connectivity index (χ4n) is 3.99. The molecule has 3 amide bonds. The summed E-state index contributed by atoms with van der Waals surface area (Å²) in [4.78, 5) is 41.1. The van der Waals surface area contributed by atoms with Gasteiger partial charge in [0.25, 0.3) is 0 Å². The van der Waals surface area contributed by atoms with Gasteiger partial charge in [-0.25, -0.2) is 0 Å². The molecule has 1 unspecified atom stereocenters. The van der Waals surface area contributed by atoms with Crippen LogP contribution in [-0.2, 0) is 14.4 Å². The molecule has 1 aromatic rings. The van der Waals surface area contributed by atoms with Crippen molar-refractivity contribution in [1.29, 1.82) is 0 Å². The summed E-state index contributed by atoms with van der Waals surface area (Å²) in [5, 5.41) is 6.19. The molecule has 0 spiro atoms. The number of nitrogens with zero attached hydrogens (tertiary/aromatic N) is 2. The third-order valence-corrected chi connectivity index (χ3v) is 5.35. The van der Waals surface area contributed by atoms with Crippen LogP contribution in [0.1, 0.15) is 33.1 Å². The molecule has 0 saturated carbocycles. The van der Waals surface area contributed by atoms with E-state index in [2.05, 4.69) is 17.6 Å². The third-order valence-electron chi connectivity index (χ3n) is 5.35. The fourth-order valence-corrected chi connectivity index (χ4v) is 3.99. The Morgan fingerprint density at radius 1 is 1.25 bits per heavy atom. The summed E-state index contributed by atoms with van der Waals surface area (Å²) in [5.41, 5.74) is 1.30. The summed E-state index contributed by atoms with van der Waals surface area (Å²) in [6, 6.07) is 7.32. The first-order valence-corrected chi connectivity index (χ1v) is 9.56.